The Kier molecular flexibility index (Phi) is 7.95. The van der Waals surface area contributed by atoms with Gasteiger partial charge in [-0.1, -0.05) is 6.58 Å². The van der Waals surface area contributed by atoms with E-state index in [1.807, 2.05) is 18.2 Å². The second kappa shape index (κ2) is 11.5. The van der Waals surface area contributed by atoms with Crippen molar-refractivity contribution in [2.24, 2.45) is 5.73 Å². The number of anilines is 6. The van der Waals surface area contributed by atoms with Crippen molar-refractivity contribution in [1.82, 2.24) is 9.97 Å². The third-order valence-corrected chi connectivity index (χ3v) is 6.29. The molecule has 2 amide bonds. The second-order valence-electron chi connectivity index (χ2n) is 8.74. The van der Waals surface area contributed by atoms with Crippen LogP contribution in [0.2, 0.25) is 0 Å². The number of amides is 2. The predicted octanol–water partition coefficient (Wildman–Crippen LogP) is 4.19. The molecular weight excluding hydrogens is 486 g/mol. The summed E-state index contributed by atoms with van der Waals surface area (Å²) in [5, 5.41) is 8.94. The highest BCUT2D eigenvalue weighted by molar-refractivity contribution is 6.03. The molecule has 1 atom stereocenters. The Bertz CT molecular complexity index is 1360. The van der Waals surface area contributed by atoms with E-state index in [1.54, 1.807) is 25.3 Å². The molecule has 11 nitrogen and oxygen atoms in total. The van der Waals surface area contributed by atoms with Gasteiger partial charge in [0.05, 0.1) is 31.3 Å². The van der Waals surface area contributed by atoms with E-state index in [0.29, 0.717) is 34.6 Å². The molecule has 1 saturated heterocycles. The van der Waals surface area contributed by atoms with Crippen LogP contribution in [0.15, 0.2) is 55.3 Å². The van der Waals surface area contributed by atoms with Crippen LogP contribution in [0.4, 0.5) is 34.5 Å². The van der Waals surface area contributed by atoms with E-state index in [9.17, 15) is 9.59 Å². The highest BCUT2D eigenvalue weighted by Gasteiger charge is 2.22. The number of hydrogen-bond acceptors (Lipinski definition) is 9. The van der Waals surface area contributed by atoms with Gasteiger partial charge in [0.1, 0.15) is 22.9 Å². The maximum atomic E-state index is 12.1. The summed E-state index contributed by atoms with van der Waals surface area (Å²) in [6.45, 7) is 6.70. The molecule has 198 valence electrons. The minimum atomic E-state index is -0.717. The summed E-state index contributed by atoms with van der Waals surface area (Å²) in [5.41, 5.74) is 8.24. The summed E-state index contributed by atoms with van der Waals surface area (Å²) in [6, 6.07) is 11.4. The van der Waals surface area contributed by atoms with Crippen molar-refractivity contribution in [3.8, 4) is 11.5 Å². The van der Waals surface area contributed by atoms with Crippen molar-refractivity contribution in [2.75, 3.05) is 41.6 Å². The fraction of sp³-hybridized carbons (Fsp3) is 0.259. The lowest BCUT2D eigenvalue weighted by Crippen LogP contribution is -2.26. The molecule has 1 aliphatic rings. The molecule has 38 heavy (non-hydrogen) atoms. The summed E-state index contributed by atoms with van der Waals surface area (Å²) >= 11 is 0. The fourth-order valence-electron chi connectivity index (χ4n) is 4.29. The number of hydrogen-bond donors (Lipinski definition) is 4. The monoisotopic (exact) mass is 517 g/mol. The molecule has 3 aromatic rings. The van der Waals surface area contributed by atoms with E-state index in [4.69, 9.17) is 15.2 Å². The number of ether oxygens (including phenoxy) is 2. The molecule has 0 aliphatic carbocycles. The number of rotatable bonds is 10. The van der Waals surface area contributed by atoms with Crippen LogP contribution >= 0.6 is 0 Å². The zero-order valence-electron chi connectivity index (χ0n) is 21.6. The highest BCUT2D eigenvalue weighted by Crippen LogP contribution is 2.35. The average molecular weight is 518 g/mol. The van der Waals surface area contributed by atoms with Crippen molar-refractivity contribution in [3.05, 3.63) is 60.8 Å². The number of nitrogens with one attached hydrogen (secondary N) is 3. The number of carbonyl (C=O) groups excluding carboxylic acids is 2. The largest absolute Gasteiger partial charge is 0.497 e. The molecular formula is C27H31N7O4. The molecule has 11 heteroatoms. The standard InChI is InChI=1S/C27H31N7O4/c1-5-24(35)30-22-14-18(37-3)9-11-20(22)31-26-19(25(28)36)15-29-27(33-26)32-21-10-8-17(13-23(21)38-4)34-12-6-7-16(34)2/h5,8-11,13-16H,1,6-7,12H2,2-4H3,(H2,28,36)(H,30,35)(H2,29,31,32,33)/t16-/m0/s1. The SMILES string of the molecule is C=CC(=O)Nc1cc(OC)ccc1Nc1nc(Nc2ccc(N3CCC[C@@H]3C)cc2OC)ncc1C(N)=O. The third kappa shape index (κ3) is 5.77. The predicted molar refractivity (Wildman–Crippen MR) is 148 cm³/mol. The molecule has 2 heterocycles. The zero-order valence-corrected chi connectivity index (χ0v) is 21.6. The fourth-order valence-corrected chi connectivity index (χ4v) is 4.29. The van der Waals surface area contributed by atoms with Crippen molar-refractivity contribution in [2.45, 2.75) is 25.8 Å². The molecule has 1 fully saturated rings. The lowest BCUT2D eigenvalue weighted by molar-refractivity contribution is -0.111. The maximum absolute atomic E-state index is 12.1. The Morgan fingerprint density at radius 3 is 2.55 bits per heavy atom. The summed E-state index contributed by atoms with van der Waals surface area (Å²) < 4.78 is 10.9. The molecule has 1 aromatic heterocycles. The first-order valence-corrected chi connectivity index (χ1v) is 12.1. The van der Waals surface area contributed by atoms with E-state index >= 15 is 0 Å². The van der Waals surface area contributed by atoms with Gasteiger partial charge in [0.15, 0.2) is 0 Å². The minimum Gasteiger partial charge on any atom is -0.497 e. The summed E-state index contributed by atoms with van der Waals surface area (Å²) in [6.07, 6.45) is 4.80. The van der Waals surface area contributed by atoms with Gasteiger partial charge >= 0.3 is 0 Å². The summed E-state index contributed by atoms with van der Waals surface area (Å²) in [4.78, 5) is 35.2. The number of carbonyl (C=O) groups is 2. The van der Waals surface area contributed by atoms with Gasteiger partial charge in [-0.15, -0.1) is 0 Å². The number of primary amides is 1. The molecule has 4 rings (SSSR count). The second-order valence-corrected chi connectivity index (χ2v) is 8.74. The van der Waals surface area contributed by atoms with Crippen LogP contribution in [0, 0.1) is 0 Å². The highest BCUT2D eigenvalue weighted by atomic mass is 16.5. The van der Waals surface area contributed by atoms with E-state index in [1.165, 1.54) is 13.3 Å². The Balaban J connectivity index is 1.65. The molecule has 0 radical (unpaired) electrons. The summed E-state index contributed by atoms with van der Waals surface area (Å²) in [5.74, 6) is 0.377. The quantitative estimate of drug-likeness (QED) is 0.291. The van der Waals surface area contributed by atoms with Crippen molar-refractivity contribution >= 4 is 46.3 Å². The maximum Gasteiger partial charge on any atom is 0.254 e. The van der Waals surface area contributed by atoms with Crippen LogP contribution in [0.1, 0.15) is 30.1 Å². The first kappa shape index (κ1) is 26.3. The topological polar surface area (TPSA) is 144 Å². The molecule has 0 unspecified atom stereocenters. The third-order valence-electron chi connectivity index (χ3n) is 6.29. The zero-order chi connectivity index (χ0) is 27.2. The van der Waals surface area contributed by atoms with Gasteiger partial charge in [-0.2, -0.15) is 4.98 Å². The van der Waals surface area contributed by atoms with Crippen LogP contribution in [0.3, 0.4) is 0 Å². The van der Waals surface area contributed by atoms with Crippen LogP contribution in [-0.2, 0) is 4.79 Å². The Labute approximate surface area is 221 Å². The van der Waals surface area contributed by atoms with Crippen molar-refractivity contribution in [3.63, 3.8) is 0 Å². The number of methoxy groups -OCH3 is 2. The number of nitrogens with two attached hydrogens (primary N) is 1. The number of aromatic nitrogens is 2. The van der Waals surface area contributed by atoms with Gasteiger partial charge < -0.3 is 36.1 Å². The molecule has 0 bridgehead atoms. The van der Waals surface area contributed by atoms with E-state index in [-0.39, 0.29) is 17.3 Å². The smallest absolute Gasteiger partial charge is 0.254 e. The number of benzene rings is 2. The first-order valence-electron chi connectivity index (χ1n) is 12.1. The van der Waals surface area contributed by atoms with Gasteiger partial charge in [-0.05, 0) is 50.1 Å². The van der Waals surface area contributed by atoms with Gasteiger partial charge in [0.2, 0.25) is 11.9 Å². The van der Waals surface area contributed by atoms with Gasteiger partial charge in [0.25, 0.3) is 5.91 Å². The molecule has 0 spiro atoms. The molecule has 2 aromatic carbocycles. The molecule has 0 saturated carbocycles. The summed E-state index contributed by atoms with van der Waals surface area (Å²) in [7, 11) is 3.12. The van der Waals surface area contributed by atoms with Crippen LogP contribution in [-0.4, -0.2) is 48.6 Å². The average Bonchev–Trinajstić information content (AvgIpc) is 3.35. The van der Waals surface area contributed by atoms with Crippen LogP contribution in [0.25, 0.3) is 0 Å². The lowest BCUT2D eigenvalue weighted by Gasteiger charge is -2.25. The first-order chi connectivity index (χ1) is 18.3. The van der Waals surface area contributed by atoms with Gasteiger partial charge in [-0.3, -0.25) is 9.59 Å². The van der Waals surface area contributed by atoms with Crippen LogP contribution in [0.5, 0.6) is 11.5 Å². The van der Waals surface area contributed by atoms with Crippen molar-refractivity contribution < 1.29 is 19.1 Å². The molecule has 1 aliphatic heterocycles. The van der Waals surface area contributed by atoms with Gasteiger partial charge in [-0.25, -0.2) is 4.98 Å². The minimum absolute atomic E-state index is 0.0673. The van der Waals surface area contributed by atoms with E-state index in [0.717, 1.165) is 31.1 Å². The lowest BCUT2D eigenvalue weighted by atomic mass is 10.2. The Morgan fingerprint density at radius 2 is 1.89 bits per heavy atom. The normalized spacial score (nSPS) is 14.5. The Hall–Kier alpha value is -4.80. The van der Waals surface area contributed by atoms with E-state index < -0.39 is 11.8 Å². The van der Waals surface area contributed by atoms with Gasteiger partial charge in [0, 0.05) is 36.6 Å². The van der Waals surface area contributed by atoms with Crippen molar-refractivity contribution in [1.29, 1.82) is 0 Å². The Morgan fingerprint density at radius 1 is 1.11 bits per heavy atom. The van der Waals surface area contributed by atoms with Crippen LogP contribution < -0.4 is 36.1 Å². The molecule has 5 N–H and O–H groups in total. The van der Waals surface area contributed by atoms with E-state index in [2.05, 4.69) is 44.3 Å². The number of nitrogens with zero attached hydrogens (tertiary/aromatic N) is 3.